The minimum Gasteiger partial charge on any atom is -0.383 e. The van der Waals surface area contributed by atoms with E-state index < -0.39 is 11.8 Å². The van der Waals surface area contributed by atoms with Crippen LogP contribution in [0.4, 0.5) is 17.2 Å². The fraction of sp³-hybridized carbons (Fsp3) is 0.417. The summed E-state index contributed by atoms with van der Waals surface area (Å²) < 4.78 is 5.44. The summed E-state index contributed by atoms with van der Waals surface area (Å²) >= 11 is 0. The van der Waals surface area contributed by atoms with Gasteiger partial charge in [-0.3, -0.25) is 14.4 Å². The lowest BCUT2D eigenvalue weighted by Gasteiger charge is -2.39. The Hall–Kier alpha value is -3.46. The molecule has 3 amide bonds. The maximum Gasteiger partial charge on any atom is 0.313 e. The van der Waals surface area contributed by atoms with Gasteiger partial charge in [0.2, 0.25) is 5.91 Å². The largest absolute Gasteiger partial charge is 0.383 e. The molecule has 0 bridgehead atoms. The highest BCUT2D eigenvalue weighted by Gasteiger charge is 2.35. The third-order valence-corrected chi connectivity index (χ3v) is 6.75. The van der Waals surface area contributed by atoms with Crippen molar-refractivity contribution in [1.29, 1.82) is 0 Å². The summed E-state index contributed by atoms with van der Waals surface area (Å²) in [5.74, 6) is -0.572. The first-order valence-corrected chi connectivity index (χ1v) is 11.3. The van der Waals surface area contributed by atoms with Crippen molar-refractivity contribution < 1.29 is 19.1 Å². The number of hydrogen-bond acceptors (Lipinski definition) is 6. The molecule has 9 nitrogen and oxygen atoms in total. The molecule has 0 saturated carbocycles. The zero-order valence-corrected chi connectivity index (χ0v) is 18.5. The van der Waals surface area contributed by atoms with Gasteiger partial charge in [-0.15, -0.1) is 0 Å². The zero-order valence-electron chi connectivity index (χ0n) is 18.5. The minimum atomic E-state index is -0.694. The van der Waals surface area contributed by atoms with E-state index >= 15 is 0 Å². The number of aryl methyl sites for hydroxylation is 1. The number of hydrogen-bond donors (Lipinski definition) is 3. The number of nitrogens with two attached hydrogens (primary N) is 1. The van der Waals surface area contributed by atoms with Crippen LogP contribution < -0.4 is 16.4 Å². The van der Waals surface area contributed by atoms with Gasteiger partial charge in [0.15, 0.2) is 0 Å². The molecule has 1 fully saturated rings. The quantitative estimate of drug-likeness (QED) is 0.605. The van der Waals surface area contributed by atoms with Gasteiger partial charge in [-0.1, -0.05) is 19.1 Å². The molecule has 9 heteroatoms. The normalized spacial score (nSPS) is 21.7. The van der Waals surface area contributed by atoms with E-state index in [9.17, 15) is 14.4 Å². The van der Waals surface area contributed by atoms with Gasteiger partial charge in [0.25, 0.3) is 0 Å². The van der Waals surface area contributed by atoms with Gasteiger partial charge in [0.05, 0.1) is 31.1 Å². The number of carbonyl (C=O) groups excluding carboxylic acids is 3. The minimum absolute atomic E-state index is 0.0178. The topological polar surface area (TPSA) is 127 Å². The van der Waals surface area contributed by atoms with Crippen molar-refractivity contribution in [2.45, 2.75) is 51.9 Å². The molecular formula is C24H27N5O4. The highest BCUT2D eigenvalue weighted by molar-refractivity contribution is 6.39. The third-order valence-electron chi connectivity index (χ3n) is 6.75. The van der Waals surface area contributed by atoms with Crippen molar-refractivity contribution in [2.24, 2.45) is 5.92 Å². The van der Waals surface area contributed by atoms with E-state index in [-0.39, 0.29) is 11.9 Å². The van der Waals surface area contributed by atoms with Crippen molar-refractivity contribution in [3.05, 3.63) is 46.6 Å². The highest BCUT2D eigenvalue weighted by atomic mass is 16.5. The summed E-state index contributed by atoms with van der Waals surface area (Å²) in [6, 6.07) is 5.70. The van der Waals surface area contributed by atoms with Crippen molar-refractivity contribution in [1.82, 2.24) is 9.88 Å². The van der Waals surface area contributed by atoms with Gasteiger partial charge in [0.1, 0.15) is 5.82 Å². The maximum absolute atomic E-state index is 13.3. The summed E-state index contributed by atoms with van der Waals surface area (Å²) in [4.78, 5) is 43.8. The number of aromatic nitrogens is 1. The van der Waals surface area contributed by atoms with Crippen LogP contribution in [0.25, 0.3) is 0 Å². The molecule has 4 N–H and O–H groups in total. The molecule has 5 rings (SSSR count). The molecule has 2 unspecified atom stereocenters. The SMILES string of the molecule is CC1CCC(c2ccc3c(c2)CCC(=O)N3)N(C(=O)C(=O)Nc2cnc(N)c3c2COC3)C1. The number of amides is 3. The fourth-order valence-corrected chi connectivity index (χ4v) is 4.94. The number of benzene rings is 1. The molecule has 0 spiro atoms. The number of nitrogen functional groups attached to an aromatic ring is 1. The third kappa shape index (κ3) is 4.04. The van der Waals surface area contributed by atoms with Crippen LogP contribution in [-0.2, 0) is 38.8 Å². The van der Waals surface area contributed by atoms with E-state index in [4.69, 9.17) is 10.5 Å². The number of ether oxygens (including phenoxy) is 1. The van der Waals surface area contributed by atoms with Crippen LogP contribution in [0.1, 0.15) is 54.5 Å². The van der Waals surface area contributed by atoms with Crippen molar-refractivity contribution in [3.63, 3.8) is 0 Å². The number of carbonyl (C=O) groups is 3. The molecule has 1 aromatic heterocycles. The van der Waals surface area contributed by atoms with Gasteiger partial charge in [-0.05, 0) is 42.4 Å². The predicted molar refractivity (Wildman–Crippen MR) is 122 cm³/mol. The second-order valence-electron chi connectivity index (χ2n) is 9.08. The van der Waals surface area contributed by atoms with E-state index in [2.05, 4.69) is 28.6 Å². The molecule has 2 atom stereocenters. The first kappa shape index (κ1) is 21.4. The number of nitrogens with zero attached hydrogens (tertiary/aromatic N) is 2. The lowest BCUT2D eigenvalue weighted by atomic mass is 9.88. The van der Waals surface area contributed by atoms with Crippen LogP contribution in [-0.4, -0.2) is 34.2 Å². The Morgan fingerprint density at radius 1 is 1.21 bits per heavy atom. The molecular weight excluding hydrogens is 422 g/mol. The summed E-state index contributed by atoms with van der Waals surface area (Å²) in [6.07, 6.45) is 4.34. The number of pyridine rings is 1. The molecule has 33 heavy (non-hydrogen) atoms. The lowest BCUT2D eigenvalue weighted by Crippen LogP contribution is -2.46. The average Bonchev–Trinajstić information content (AvgIpc) is 3.31. The van der Waals surface area contributed by atoms with E-state index in [1.54, 1.807) is 4.90 Å². The highest BCUT2D eigenvalue weighted by Crippen LogP contribution is 2.36. The van der Waals surface area contributed by atoms with E-state index in [0.717, 1.165) is 40.8 Å². The van der Waals surface area contributed by atoms with Gasteiger partial charge in [-0.25, -0.2) is 4.98 Å². The van der Waals surface area contributed by atoms with Crippen LogP contribution in [0, 0.1) is 5.92 Å². The summed E-state index contributed by atoms with van der Waals surface area (Å²) in [7, 11) is 0. The maximum atomic E-state index is 13.3. The number of fused-ring (bicyclic) bond motifs is 2. The van der Waals surface area contributed by atoms with Gasteiger partial charge >= 0.3 is 11.8 Å². The molecule has 1 aromatic carbocycles. The van der Waals surface area contributed by atoms with Crippen LogP contribution >= 0.6 is 0 Å². The second kappa shape index (κ2) is 8.47. The smallest absolute Gasteiger partial charge is 0.313 e. The Bertz CT molecular complexity index is 1150. The van der Waals surface area contributed by atoms with Crippen LogP contribution in [0.5, 0.6) is 0 Å². The Kier molecular flexibility index (Phi) is 5.49. The van der Waals surface area contributed by atoms with Gasteiger partial charge < -0.3 is 26.0 Å². The monoisotopic (exact) mass is 449 g/mol. The number of nitrogens with one attached hydrogen (secondary N) is 2. The number of rotatable bonds is 2. The first-order chi connectivity index (χ1) is 15.9. The molecule has 172 valence electrons. The number of piperidine rings is 1. The Labute approximate surface area is 191 Å². The van der Waals surface area contributed by atoms with Crippen LogP contribution in [0.2, 0.25) is 0 Å². The summed E-state index contributed by atoms with van der Waals surface area (Å²) in [5, 5.41) is 5.62. The standard InChI is InChI=1S/C24H27N5O4/c1-13-2-6-20(15-3-5-18-14(8-15)4-7-21(30)27-18)29(10-13)24(32)23(31)28-19-9-26-22(25)17-12-33-11-16(17)19/h3,5,8-9,13,20H,2,4,6-7,10-12H2,1H3,(H2,25,26)(H,27,30)(H,28,31). The predicted octanol–water partition coefficient (Wildman–Crippen LogP) is 2.52. The van der Waals surface area contributed by atoms with Crippen LogP contribution in [0.3, 0.4) is 0 Å². The molecule has 1 saturated heterocycles. The van der Waals surface area contributed by atoms with E-state index in [1.807, 2.05) is 12.1 Å². The van der Waals surface area contributed by atoms with E-state index in [0.29, 0.717) is 50.0 Å². The van der Waals surface area contributed by atoms with Gasteiger partial charge in [0, 0.05) is 29.8 Å². The van der Waals surface area contributed by atoms with Gasteiger partial charge in [-0.2, -0.15) is 0 Å². The molecule has 3 aliphatic heterocycles. The summed E-state index contributed by atoms with van der Waals surface area (Å²) in [6.45, 7) is 3.26. The number of likely N-dealkylation sites (tertiary alicyclic amines) is 1. The van der Waals surface area contributed by atoms with Crippen molar-refractivity contribution in [2.75, 3.05) is 22.9 Å². The Morgan fingerprint density at radius 3 is 2.88 bits per heavy atom. The fourth-order valence-electron chi connectivity index (χ4n) is 4.94. The Balaban J connectivity index is 1.38. The van der Waals surface area contributed by atoms with Crippen molar-refractivity contribution in [3.8, 4) is 0 Å². The molecule has 4 heterocycles. The Morgan fingerprint density at radius 2 is 2.03 bits per heavy atom. The zero-order chi connectivity index (χ0) is 23.1. The lowest BCUT2D eigenvalue weighted by molar-refractivity contribution is -0.146. The van der Waals surface area contributed by atoms with Crippen molar-refractivity contribution >= 4 is 34.9 Å². The summed E-state index contributed by atoms with van der Waals surface area (Å²) in [5.41, 5.74) is 10.8. The van der Waals surface area contributed by atoms with Crippen LogP contribution in [0.15, 0.2) is 24.4 Å². The second-order valence-corrected chi connectivity index (χ2v) is 9.08. The average molecular weight is 450 g/mol. The first-order valence-electron chi connectivity index (χ1n) is 11.3. The molecule has 2 aromatic rings. The molecule has 0 aliphatic carbocycles. The molecule has 0 radical (unpaired) electrons. The number of anilines is 3. The molecule has 3 aliphatic rings. The van der Waals surface area contributed by atoms with E-state index in [1.165, 1.54) is 6.20 Å².